The Bertz CT molecular complexity index is 800. The average molecular weight is 377 g/mol. The Labute approximate surface area is 166 Å². The van der Waals surface area contributed by atoms with E-state index in [1.165, 1.54) is 0 Å². The molecule has 0 radical (unpaired) electrons. The molecule has 1 saturated heterocycles. The van der Waals surface area contributed by atoms with Crippen LogP contribution in [0.4, 0.5) is 11.4 Å². The zero-order valence-electron chi connectivity index (χ0n) is 16.1. The van der Waals surface area contributed by atoms with Crippen molar-refractivity contribution in [2.45, 2.75) is 25.7 Å². The van der Waals surface area contributed by atoms with Crippen molar-refractivity contribution in [3.8, 4) is 0 Å². The van der Waals surface area contributed by atoms with Gasteiger partial charge in [-0.05, 0) is 68.6 Å². The van der Waals surface area contributed by atoms with E-state index in [0.29, 0.717) is 6.54 Å². The van der Waals surface area contributed by atoms with E-state index in [-0.39, 0.29) is 5.92 Å². The SMILES string of the molecule is O=C(O)C1CCCN(CCC/C=C/c2ccc(N=Nc3ccccc3)cc2)C1. The number of likely N-dealkylation sites (tertiary alicyclic amines) is 1. The van der Waals surface area contributed by atoms with E-state index >= 15 is 0 Å². The van der Waals surface area contributed by atoms with E-state index in [2.05, 4.69) is 27.3 Å². The van der Waals surface area contributed by atoms with Gasteiger partial charge in [-0.1, -0.05) is 42.5 Å². The number of allylic oxidation sites excluding steroid dienone is 1. The molecule has 1 atom stereocenters. The van der Waals surface area contributed by atoms with Crippen LogP contribution in [-0.4, -0.2) is 35.6 Å². The van der Waals surface area contributed by atoms with Crippen LogP contribution in [-0.2, 0) is 4.79 Å². The smallest absolute Gasteiger partial charge is 0.307 e. The highest BCUT2D eigenvalue weighted by Crippen LogP contribution is 2.19. The summed E-state index contributed by atoms with van der Waals surface area (Å²) in [6.07, 6.45) is 8.14. The second-order valence-corrected chi connectivity index (χ2v) is 7.15. The van der Waals surface area contributed by atoms with Crippen LogP contribution in [0, 0.1) is 5.92 Å². The van der Waals surface area contributed by atoms with E-state index in [9.17, 15) is 4.79 Å². The molecule has 0 bridgehead atoms. The van der Waals surface area contributed by atoms with Crippen LogP contribution >= 0.6 is 0 Å². The predicted octanol–water partition coefficient (Wildman–Crippen LogP) is 5.69. The van der Waals surface area contributed by atoms with Crippen molar-refractivity contribution in [3.05, 3.63) is 66.2 Å². The van der Waals surface area contributed by atoms with E-state index in [1.54, 1.807) is 0 Å². The summed E-state index contributed by atoms with van der Waals surface area (Å²) >= 11 is 0. The Balaban J connectivity index is 1.40. The summed E-state index contributed by atoms with van der Waals surface area (Å²) in [7, 11) is 0. The van der Waals surface area contributed by atoms with Gasteiger partial charge in [0.05, 0.1) is 17.3 Å². The molecule has 1 N–H and O–H groups in total. The minimum atomic E-state index is -0.656. The fraction of sp³-hybridized carbons (Fsp3) is 0.348. The molecule has 0 saturated carbocycles. The van der Waals surface area contributed by atoms with Crippen LogP contribution in [0.3, 0.4) is 0 Å². The predicted molar refractivity (Wildman–Crippen MR) is 112 cm³/mol. The monoisotopic (exact) mass is 377 g/mol. The maximum Gasteiger partial charge on any atom is 0.307 e. The molecule has 1 unspecified atom stereocenters. The molecule has 0 spiro atoms. The van der Waals surface area contributed by atoms with Gasteiger partial charge in [0, 0.05) is 6.54 Å². The zero-order valence-corrected chi connectivity index (χ0v) is 16.1. The third-order valence-electron chi connectivity index (χ3n) is 4.94. The molecule has 5 heteroatoms. The van der Waals surface area contributed by atoms with Gasteiger partial charge in [-0.2, -0.15) is 10.2 Å². The number of carboxylic acids is 1. The van der Waals surface area contributed by atoms with Crippen molar-refractivity contribution in [2.24, 2.45) is 16.1 Å². The molecule has 3 rings (SSSR count). The van der Waals surface area contributed by atoms with Gasteiger partial charge in [-0.3, -0.25) is 4.79 Å². The Morgan fingerprint density at radius 1 is 1.07 bits per heavy atom. The lowest BCUT2D eigenvalue weighted by Gasteiger charge is -2.30. The zero-order chi connectivity index (χ0) is 19.6. The topological polar surface area (TPSA) is 65.3 Å². The van der Waals surface area contributed by atoms with Gasteiger partial charge in [-0.15, -0.1) is 0 Å². The molecule has 2 aromatic rings. The van der Waals surface area contributed by atoms with Gasteiger partial charge in [0.25, 0.3) is 0 Å². The number of aliphatic carboxylic acids is 1. The second kappa shape index (κ2) is 10.5. The number of benzene rings is 2. The van der Waals surface area contributed by atoms with Gasteiger partial charge >= 0.3 is 5.97 Å². The van der Waals surface area contributed by atoms with Gasteiger partial charge < -0.3 is 10.0 Å². The van der Waals surface area contributed by atoms with Crippen LogP contribution in [0.2, 0.25) is 0 Å². The molecule has 28 heavy (non-hydrogen) atoms. The minimum Gasteiger partial charge on any atom is -0.481 e. The van der Waals surface area contributed by atoms with Gasteiger partial charge in [0.15, 0.2) is 0 Å². The summed E-state index contributed by atoms with van der Waals surface area (Å²) in [4.78, 5) is 13.4. The number of azo groups is 1. The largest absolute Gasteiger partial charge is 0.481 e. The van der Waals surface area contributed by atoms with Crippen LogP contribution in [0.25, 0.3) is 6.08 Å². The van der Waals surface area contributed by atoms with Crippen molar-refractivity contribution in [1.82, 2.24) is 4.90 Å². The normalized spacial score (nSPS) is 18.1. The van der Waals surface area contributed by atoms with Crippen LogP contribution in [0.15, 0.2) is 70.9 Å². The first-order chi connectivity index (χ1) is 13.7. The van der Waals surface area contributed by atoms with E-state index < -0.39 is 5.97 Å². The molecule has 1 fully saturated rings. The lowest BCUT2D eigenvalue weighted by Crippen LogP contribution is -2.39. The summed E-state index contributed by atoms with van der Waals surface area (Å²) in [6.45, 7) is 2.68. The average Bonchev–Trinajstić information content (AvgIpc) is 2.74. The summed E-state index contributed by atoms with van der Waals surface area (Å²) in [6, 6.07) is 17.7. The maximum atomic E-state index is 11.1. The second-order valence-electron chi connectivity index (χ2n) is 7.15. The van der Waals surface area contributed by atoms with Gasteiger partial charge in [0.2, 0.25) is 0 Å². The third-order valence-corrected chi connectivity index (χ3v) is 4.94. The van der Waals surface area contributed by atoms with Gasteiger partial charge in [-0.25, -0.2) is 0 Å². The molecular formula is C23H27N3O2. The summed E-state index contributed by atoms with van der Waals surface area (Å²) < 4.78 is 0. The van der Waals surface area contributed by atoms with Crippen LogP contribution in [0.5, 0.6) is 0 Å². The fourth-order valence-electron chi connectivity index (χ4n) is 3.37. The number of unbranched alkanes of at least 4 members (excludes halogenated alkanes) is 1. The molecule has 1 heterocycles. The highest BCUT2D eigenvalue weighted by molar-refractivity contribution is 5.70. The van der Waals surface area contributed by atoms with Crippen LogP contribution < -0.4 is 0 Å². The Kier molecular flexibility index (Phi) is 7.50. The number of rotatable bonds is 8. The maximum absolute atomic E-state index is 11.1. The molecule has 1 aliphatic heterocycles. The van der Waals surface area contributed by atoms with Crippen molar-refractivity contribution < 1.29 is 9.90 Å². The van der Waals surface area contributed by atoms with Crippen molar-refractivity contribution in [1.29, 1.82) is 0 Å². The Morgan fingerprint density at radius 2 is 1.79 bits per heavy atom. The number of carbonyl (C=O) groups is 1. The minimum absolute atomic E-state index is 0.193. The first-order valence-electron chi connectivity index (χ1n) is 9.89. The first-order valence-corrected chi connectivity index (χ1v) is 9.89. The lowest BCUT2D eigenvalue weighted by molar-refractivity contribution is -0.143. The van der Waals surface area contributed by atoms with Gasteiger partial charge in [0.1, 0.15) is 0 Å². The summed E-state index contributed by atoms with van der Waals surface area (Å²) in [5.74, 6) is -0.849. The highest BCUT2D eigenvalue weighted by atomic mass is 16.4. The summed E-state index contributed by atoms with van der Waals surface area (Å²) in [5.41, 5.74) is 2.82. The molecule has 2 aromatic carbocycles. The highest BCUT2D eigenvalue weighted by Gasteiger charge is 2.24. The van der Waals surface area contributed by atoms with E-state index in [1.807, 2.05) is 54.6 Å². The first kappa shape index (κ1) is 20.0. The Morgan fingerprint density at radius 3 is 2.50 bits per heavy atom. The number of piperidine rings is 1. The van der Waals surface area contributed by atoms with E-state index in [0.717, 1.165) is 55.7 Å². The molecule has 0 aliphatic carbocycles. The number of hydrogen-bond donors (Lipinski definition) is 1. The quantitative estimate of drug-likeness (QED) is 0.474. The molecule has 146 valence electrons. The number of nitrogens with zero attached hydrogens (tertiary/aromatic N) is 3. The molecular weight excluding hydrogens is 350 g/mol. The van der Waals surface area contributed by atoms with Crippen molar-refractivity contribution in [2.75, 3.05) is 19.6 Å². The molecule has 0 amide bonds. The van der Waals surface area contributed by atoms with Crippen molar-refractivity contribution in [3.63, 3.8) is 0 Å². The van der Waals surface area contributed by atoms with Crippen LogP contribution in [0.1, 0.15) is 31.2 Å². The molecule has 1 aliphatic rings. The number of carboxylic acid groups (broad SMARTS) is 1. The van der Waals surface area contributed by atoms with Crippen molar-refractivity contribution >= 4 is 23.4 Å². The molecule has 0 aromatic heterocycles. The standard InChI is InChI=1S/C23H27N3O2/c27-23(28)20-9-7-17-26(18-20)16-6-2-3-8-19-12-14-22(15-13-19)25-24-21-10-4-1-5-11-21/h1,3-5,8,10-15,20H,2,6-7,9,16-18H2,(H,27,28)/b8-3+,25-24?. The molecule has 5 nitrogen and oxygen atoms in total. The fourth-order valence-corrected chi connectivity index (χ4v) is 3.37. The Hall–Kier alpha value is -2.79. The van der Waals surface area contributed by atoms with E-state index in [4.69, 9.17) is 5.11 Å². The summed E-state index contributed by atoms with van der Waals surface area (Å²) in [5, 5.41) is 17.6. The number of hydrogen-bond acceptors (Lipinski definition) is 4. The third kappa shape index (κ3) is 6.43. The lowest BCUT2D eigenvalue weighted by atomic mass is 9.98.